The summed E-state index contributed by atoms with van der Waals surface area (Å²) in [5.74, 6) is 0.881. The number of aromatic amines is 1. The third-order valence-electron chi connectivity index (χ3n) is 2.62. The third kappa shape index (κ3) is 2.01. The van der Waals surface area contributed by atoms with E-state index in [2.05, 4.69) is 15.0 Å². The van der Waals surface area contributed by atoms with Crippen molar-refractivity contribution < 1.29 is 0 Å². The van der Waals surface area contributed by atoms with Crippen LogP contribution in [0.1, 0.15) is 11.4 Å². The largest absolute Gasteiger partial charge is 0.340 e. The van der Waals surface area contributed by atoms with Crippen molar-refractivity contribution in [2.45, 2.75) is 6.42 Å². The monoisotopic (exact) mass is 243 g/mol. The first-order valence-electron chi connectivity index (χ1n) is 5.36. The number of nitrogens with zero attached hydrogens (tertiary/aromatic N) is 2. The molecule has 3 aromatic rings. The van der Waals surface area contributed by atoms with Crippen LogP contribution >= 0.6 is 11.6 Å². The van der Waals surface area contributed by atoms with Crippen molar-refractivity contribution in [2.75, 3.05) is 0 Å². The molecule has 0 saturated heterocycles. The summed E-state index contributed by atoms with van der Waals surface area (Å²) in [4.78, 5) is 11.9. The topological polar surface area (TPSA) is 41.6 Å². The highest BCUT2D eigenvalue weighted by Crippen LogP contribution is 2.18. The summed E-state index contributed by atoms with van der Waals surface area (Å²) in [7, 11) is 0. The summed E-state index contributed by atoms with van der Waals surface area (Å²) in [6, 6.07) is 11.6. The molecule has 0 atom stereocenters. The first kappa shape index (κ1) is 10.3. The second-order valence-electron chi connectivity index (χ2n) is 3.83. The van der Waals surface area contributed by atoms with E-state index in [1.54, 1.807) is 6.20 Å². The number of halogens is 1. The van der Waals surface area contributed by atoms with Crippen molar-refractivity contribution >= 4 is 22.8 Å². The molecule has 2 aromatic heterocycles. The molecule has 0 radical (unpaired) electrons. The molecule has 0 spiro atoms. The molecule has 17 heavy (non-hydrogen) atoms. The van der Waals surface area contributed by atoms with Gasteiger partial charge in [0, 0.05) is 17.6 Å². The molecule has 0 unspecified atom stereocenters. The van der Waals surface area contributed by atoms with Crippen LogP contribution in [-0.2, 0) is 6.42 Å². The Balaban J connectivity index is 1.98. The maximum absolute atomic E-state index is 6.12. The van der Waals surface area contributed by atoms with Crippen LogP contribution in [0.2, 0.25) is 5.02 Å². The van der Waals surface area contributed by atoms with Gasteiger partial charge >= 0.3 is 0 Å². The highest BCUT2D eigenvalue weighted by Gasteiger charge is 2.06. The number of pyridine rings is 1. The number of benzene rings is 1. The Hall–Kier alpha value is -1.87. The number of aromatic nitrogens is 3. The second kappa shape index (κ2) is 4.18. The predicted molar refractivity (Wildman–Crippen MR) is 68.1 cm³/mol. The van der Waals surface area contributed by atoms with Crippen LogP contribution in [0.15, 0.2) is 42.6 Å². The summed E-state index contributed by atoms with van der Waals surface area (Å²) in [5, 5.41) is 0.765. The number of H-pyrrole nitrogens is 1. The van der Waals surface area contributed by atoms with Crippen LogP contribution in [0.4, 0.5) is 0 Å². The molecule has 0 aliphatic heterocycles. The maximum Gasteiger partial charge on any atom is 0.177 e. The van der Waals surface area contributed by atoms with Gasteiger partial charge in [0.25, 0.3) is 0 Å². The van der Waals surface area contributed by atoms with Gasteiger partial charge in [-0.25, -0.2) is 9.97 Å². The lowest BCUT2D eigenvalue weighted by atomic mass is 10.1. The lowest BCUT2D eigenvalue weighted by Gasteiger charge is -2.00. The Morgan fingerprint density at radius 3 is 2.82 bits per heavy atom. The molecule has 0 saturated carbocycles. The molecule has 3 nitrogen and oxygen atoms in total. The van der Waals surface area contributed by atoms with Crippen molar-refractivity contribution in [1.82, 2.24) is 15.0 Å². The fraction of sp³-hybridized carbons (Fsp3) is 0.0769. The first-order valence-corrected chi connectivity index (χ1v) is 5.74. The van der Waals surface area contributed by atoms with E-state index in [0.29, 0.717) is 6.42 Å². The van der Waals surface area contributed by atoms with Gasteiger partial charge in [-0.15, -0.1) is 0 Å². The number of rotatable bonds is 2. The van der Waals surface area contributed by atoms with E-state index < -0.39 is 0 Å². The Labute approximate surface area is 103 Å². The average Bonchev–Trinajstić information content (AvgIpc) is 2.74. The van der Waals surface area contributed by atoms with Gasteiger partial charge in [-0.05, 0) is 23.8 Å². The Bertz CT molecular complexity index is 627. The van der Waals surface area contributed by atoms with Crippen LogP contribution in [0.3, 0.4) is 0 Å². The van der Waals surface area contributed by atoms with Gasteiger partial charge in [0.05, 0.1) is 5.52 Å². The van der Waals surface area contributed by atoms with Crippen molar-refractivity contribution in [3.05, 3.63) is 59.0 Å². The highest BCUT2D eigenvalue weighted by atomic mass is 35.5. The number of nitrogens with one attached hydrogen (secondary N) is 1. The molecule has 0 aliphatic rings. The van der Waals surface area contributed by atoms with Gasteiger partial charge in [-0.1, -0.05) is 29.8 Å². The number of hydrogen-bond acceptors (Lipinski definition) is 2. The number of fused-ring (bicyclic) bond motifs is 1. The number of imidazole rings is 1. The summed E-state index contributed by atoms with van der Waals surface area (Å²) in [6.45, 7) is 0. The fourth-order valence-electron chi connectivity index (χ4n) is 1.80. The molecule has 3 rings (SSSR count). The third-order valence-corrected chi connectivity index (χ3v) is 2.99. The normalized spacial score (nSPS) is 10.9. The number of hydrogen-bond donors (Lipinski definition) is 1. The average molecular weight is 244 g/mol. The minimum Gasteiger partial charge on any atom is -0.340 e. The fourth-order valence-corrected chi connectivity index (χ4v) is 2.00. The van der Waals surface area contributed by atoms with Gasteiger partial charge in [0.2, 0.25) is 0 Å². The van der Waals surface area contributed by atoms with Crippen LogP contribution in [0, 0.1) is 0 Å². The molecule has 0 bridgehead atoms. The lowest BCUT2D eigenvalue weighted by Crippen LogP contribution is -1.91. The zero-order valence-corrected chi connectivity index (χ0v) is 9.78. The molecule has 2 heterocycles. The standard InChI is InChI=1S/C13H10ClN3/c14-10-5-2-1-4-9(10)8-12-16-11-6-3-7-15-13(11)17-12/h1-7H,8H2,(H,15,16,17). The molecular formula is C13H10ClN3. The second-order valence-corrected chi connectivity index (χ2v) is 4.23. The van der Waals surface area contributed by atoms with Crippen molar-refractivity contribution in [1.29, 1.82) is 0 Å². The van der Waals surface area contributed by atoms with Crippen LogP contribution < -0.4 is 0 Å². The van der Waals surface area contributed by atoms with Crippen molar-refractivity contribution in [3.63, 3.8) is 0 Å². The molecule has 1 N–H and O–H groups in total. The quantitative estimate of drug-likeness (QED) is 0.751. The van der Waals surface area contributed by atoms with E-state index in [1.165, 1.54) is 0 Å². The Morgan fingerprint density at radius 2 is 2.00 bits per heavy atom. The van der Waals surface area contributed by atoms with Gasteiger partial charge in [0.15, 0.2) is 5.65 Å². The van der Waals surface area contributed by atoms with E-state index in [9.17, 15) is 0 Å². The van der Waals surface area contributed by atoms with Crippen molar-refractivity contribution in [2.24, 2.45) is 0 Å². The van der Waals surface area contributed by atoms with Crippen LogP contribution in [-0.4, -0.2) is 15.0 Å². The summed E-state index contributed by atoms with van der Waals surface area (Å²) in [5.41, 5.74) is 2.76. The summed E-state index contributed by atoms with van der Waals surface area (Å²) < 4.78 is 0. The van der Waals surface area contributed by atoms with E-state index in [1.807, 2.05) is 36.4 Å². The minimum atomic E-state index is 0.691. The zero-order valence-electron chi connectivity index (χ0n) is 9.02. The molecular weight excluding hydrogens is 234 g/mol. The molecule has 4 heteroatoms. The van der Waals surface area contributed by atoms with E-state index in [0.717, 1.165) is 27.6 Å². The van der Waals surface area contributed by atoms with E-state index in [-0.39, 0.29) is 0 Å². The van der Waals surface area contributed by atoms with E-state index in [4.69, 9.17) is 11.6 Å². The SMILES string of the molecule is Clc1ccccc1Cc1nc2ncccc2[nH]1. The zero-order chi connectivity index (χ0) is 11.7. The minimum absolute atomic E-state index is 0.691. The first-order chi connectivity index (χ1) is 8.33. The molecule has 0 fully saturated rings. The van der Waals surface area contributed by atoms with Crippen molar-refractivity contribution in [3.8, 4) is 0 Å². The summed E-state index contributed by atoms with van der Waals surface area (Å²) >= 11 is 6.12. The maximum atomic E-state index is 6.12. The van der Waals surface area contributed by atoms with E-state index >= 15 is 0 Å². The lowest BCUT2D eigenvalue weighted by molar-refractivity contribution is 1.03. The predicted octanol–water partition coefficient (Wildman–Crippen LogP) is 3.20. The summed E-state index contributed by atoms with van der Waals surface area (Å²) in [6.07, 6.45) is 2.43. The van der Waals surface area contributed by atoms with Gasteiger partial charge < -0.3 is 4.98 Å². The van der Waals surface area contributed by atoms with Gasteiger partial charge in [-0.3, -0.25) is 0 Å². The van der Waals surface area contributed by atoms with Crippen LogP contribution in [0.25, 0.3) is 11.2 Å². The molecule has 0 aliphatic carbocycles. The molecule has 1 aromatic carbocycles. The Morgan fingerprint density at radius 1 is 1.12 bits per heavy atom. The van der Waals surface area contributed by atoms with Crippen LogP contribution in [0.5, 0.6) is 0 Å². The van der Waals surface area contributed by atoms with Gasteiger partial charge in [-0.2, -0.15) is 0 Å². The van der Waals surface area contributed by atoms with Gasteiger partial charge in [0.1, 0.15) is 5.82 Å². The Kier molecular flexibility index (Phi) is 2.53. The smallest absolute Gasteiger partial charge is 0.177 e. The molecule has 0 amide bonds. The molecule has 84 valence electrons. The highest BCUT2D eigenvalue weighted by molar-refractivity contribution is 6.31.